The Balaban J connectivity index is 1.21. The molecule has 5 atom stereocenters. The highest BCUT2D eigenvalue weighted by atomic mass is 19.3. The van der Waals surface area contributed by atoms with Gasteiger partial charge in [-0.1, -0.05) is 0 Å². The maximum Gasteiger partial charge on any atom is 0.387 e. The number of likely N-dealkylation sites (tertiary alicyclic amines) is 1. The molecule has 3 N–H and O–H groups in total. The number of halogens is 2. The summed E-state index contributed by atoms with van der Waals surface area (Å²) in [4.78, 5) is 6.64. The molecular formula is C24H31F2N5O2. The molecule has 3 saturated carbocycles. The summed E-state index contributed by atoms with van der Waals surface area (Å²) in [6, 6.07) is 4.27. The predicted molar refractivity (Wildman–Crippen MR) is 119 cm³/mol. The standard InChI is InChI=1S/C24H31F2N5O2/c25-24(26)33-21-5-15(9-28-23(21)27)19-8-20(31(29-19)11-13-1-2-13)22-17-6-16(7-18(17)22)30-4-3-14(10-30)12-32/h5,8-9,13-14,16-18,22,24,32H,1-4,6-7,10-12H2,(H2,27,28)/t14-,16-,17+,18-,22-/m0/s1. The summed E-state index contributed by atoms with van der Waals surface area (Å²) in [6.07, 6.45) is 7.60. The molecule has 2 aromatic heterocycles. The molecular weight excluding hydrogens is 428 g/mol. The van der Waals surface area contributed by atoms with Crippen LogP contribution in [0.3, 0.4) is 0 Å². The van der Waals surface area contributed by atoms with E-state index in [2.05, 4.69) is 25.4 Å². The van der Waals surface area contributed by atoms with Gasteiger partial charge in [-0.05, 0) is 74.5 Å². The van der Waals surface area contributed by atoms with Crippen LogP contribution in [0.2, 0.25) is 0 Å². The summed E-state index contributed by atoms with van der Waals surface area (Å²) < 4.78 is 32.2. The molecule has 0 bridgehead atoms. The lowest BCUT2D eigenvalue weighted by atomic mass is 10.0. The molecule has 33 heavy (non-hydrogen) atoms. The van der Waals surface area contributed by atoms with Crippen LogP contribution in [0.5, 0.6) is 5.75 Å². The van der Waals surface area contributed by atoms with E-state index in [1.54, 1.807) is 6.20 Å². The Kier molecular flexibility index (Phi) is 5.29. The fraction of sp³-hybridized carbons (Fsp3) is 0.667. The first-order chi connectivity index (χ1) is 16.0. The average Bonchev–Trinajstić information content (AvgIpc) is 3.50. The molecule has 6 rings (SSSR count). The number of nitrogen functional groups attached to an aromatic ring is 1. The van der Waals surface area contributed by atoms with Gasteiger partial charge in [0.15, 0.2) is 11.6 Å². The Labute approximate surface area is 191 Å². The number of aliphatic hydroxyl groups excluding tert-OH is 1. The third-order valence-electron chi connectivity index (χ3n) is 8.19. The summed E-state index contributed by atoms with van der Waals surface area (Å²) in [6.45, 7) is 0.404. The van der Waals surface area contributed by atoms with Gasteiger partial charge in [-0.25, -0.2) is 4.98 Å². The van der Waals surface area contributed by atoms with Gasteiger partial charge >= 0.3 is 6.61 Å². The predicted octanol–water partition coefficient (Wildman–Crippen LogP) is 3.34. The molecule has 1 aliphatic heterocycles. The molecule has 0 spiro atoms. The van der Waals surface area contributed by atoms with Crippen molar-refractivity contribution in [2.75, 3.05) is 25.4 Å². The summed E-state index contributed by atoms with van der Waals surface area (Å²) in [7, 11) is 0. The SMILES string of the molecule is Nc1ncc(-c2cc([C@H]3[C@@H]4C[C@H](N5CC[C@H](CO)C5)C[C@@H]43)n(CC3CC3)n2)cc1OC(F)F. The number of fused-ring (bicyclic) bond motifs is 1. The smallest absolute Gasteiger partial charge is 0.387 e. The van der Waals surface area contributed by atoms with Gasteiger partial charge in [-0.15, -0.1) is 0 Å². The van der Waals surface area contributed by atoms with Crippen LogP contribution in [0, 0.1) is 23.7 Å². The van der Waals surface area contributed by atoms with Crippen LogP contribution in [0.1, 0.15) is 43.7 Å². The van der Waals surface area contributed by atoms with Crippen molar-refractivity contribution in [3.63, 3.8) is 0 Å². The molecule has 9 heteroatoms. The van der Waals surface area contributed by atoms with E-state index in [1.165, 1.54) is 37.4 Å². The molecule has 0 aromatic carbocycles. The Morgan fingerprint density at radius 2 is 1.94 bits per heavy atom. The maximum absolute atomic E-state index is 12.7. The molecule has 3 heterocycles. The highest BCUT2D eigenvalue weighted by Gasteiger charge is 2.59. The van der Waals surface area contributed by atoms with Gasteiger partial charge in [-0.2, -0.15) is 13.9 Å². The second-order valence-electron chi connectivity index (χ2n) is 10.4. The molecule has 2 aromatic rings. The normalized spacial score (nSPS) is 31.3. The number of nitrogens with two attached hydrogens (primary N) is 1. The van der Waals surface area contributed by atoms with E-state index in [-0.39, 0.29) is 11.6 Å². The second-order valence-corrected chi connectivity index (χ2v) is 10.4. The first-order valence-corrected chi connectivity index (χ1v) is 12.1. The van der Waals surface area contributed by atoms with Gasteiger partial charge in [0.1, 0.15) is 0 Å². The fourth-order valence-corrected chi connectivity index (χ4v) is 6.21. The van der Waals surface area contributed by atoms with Crippen molar-refractivity contribution < 1.29 is 18.6 Å². The van der Waals surface area contributed by atoms with Crippen molar-refractivity contribution in [2.24, 2.45) is 23.7 Å². The topological polar surface area (TPSA) is 89.4 Å². The number of anilines is 1. The second kappa shape index (κ2) is 8.20. The zero-order valence-corrected chi connectivity index (χ0v) is 18.6. The molecule has 7 nitrogen and oxygen atoms in total. The third kappa shape index (κ3) is 4.10. The van der Waals surface area contributed by atoms with E-state index in [0.29, 0.717) is 47.8 Å². The van der Waals surface area contributed by atoms with Crippen LogP contribution in [0.25, 0.3) is 11.3 Å². The van der Waals surface area contributed by atoms with E-state index in [4.69, 9.17) is 10.8 Å². The monoisotopic (exact) mass is 459 g/mol. The number of nitrogens with zero attached hydrogens (tertiary/aromatic N) is 4. The summed E-state index contributed by atoms with van der Waals surface area (Å²) in [5, 5.41) is 14.3. The number of aromatic nitrogens is 3. The quantitative estimate of drug-likeness (QED) is 0.629. The Morgan fingerprint density at radius 3 is 2.61 bits per heavy atom. The van der Waals surface area contributed by atoms with E-state index in [0.717, 1.165) is 31.7 Å². The third-order valence-corrected chi connectivity index (χ3v) is 8.19. The van der Waals surface area contributed by atoms with Gasteiger partial charge in [0.25, 0.3) is 0 Å². The lowest BCUT2D eigenvalue weighted by molar-refractivity contribution is -0.0494. The average molecular weight is 460 g/mol. The minimum atomic E-state index is -2.95. The van der Waals surface area contributed by atoms with Gasteiger partial charge in [0, 0.05) is 49.1 Å². The Hall–Kier alpha value is -2.26. The minimum Gasteiger partial charge on any atom is -0.431 e. The number of rotatable bonds is 8. The van der Waals surface area contributed by atoms with Crippen molar-refractivity contribution in [1.29, 1.82) is 0 Å². The number of aliphatic hydroxyl groups is 1. The zero-order chi connectivity index (χ0) is 22.7. The van der Waals surface area contributed by atoms with Crippen molar-refractivity contribution in [2.45, 2.75) is 57.2 Å². The number of ether oxygens (including phenoxy) is 1. The molecule has 3 aliphatic carbocycles. The number of alkyl halides is 2. The van der Waals surface area contributed by atoms with Crippen LogP contribution in [-0.4, -0.2) is 57.1 Å². The zero-order valence-electron chi connectivity index (χ0n) is 18.6. The number of hydrogen-bond donors (Lipinski definition) is 2. The van der Waals surface area contributed by atoms with Crippen molar-refractivity contribution in [3.8, 4) is 17.0 Å². The summed E-state index contributed by atoms with van der Waals surface area (Å²) in [5.41, 5.74) is 8.37. The van der Waals surface area contributed by atoms with Gasteiger partial charge in [0.2, 0.25) is 0 Å². The van der Waals surface area contributed by atoms with E-state index < -0.39 is 6.61 Å². The van der Waals surface area contributed by atoms with Crippen LogP contribution < -0.4 is 10.5 Å². The van der Waals surface area contributed by atoms with Crippen molar-refractivity contribution in [3.05, 3.63) is 24.0 Å². The molecule has 0 amide bonds. The van der Waals surface area contributed by atoms with Crippen LogP contribution in [0.15, 0.2) is 18.3 Å². The molecule has 178 valence electrons. The fourth-order valence-electron chi connectivity index (χ4n) is 6.21. The van der Waals surface area contributed by atoms with Gasteiger partial charge < -0.3 is 15.6 Å². The number of hydrogen-bond acceptors (Lipinski definition) is 6. The Morgan fingerprint density at radius 1 is 1.15 bits per heavy atom. The summed E-state index contributed by atoms with van der Waals surface area (Å²) >= 11 is 0. The molecule has 0 unspecified atom stereocenters. The maximum atomic E-state index is 12.7. The lowest BCUT2D eigenvalue weighted by Gasteiger charge is -2.26. The highest BCUT2D eigenvalue weighted by Crippen LogP contribution is 2.64. The Bertz CT molecular complexity index is 1010. The summed E-state index contributed by atoms with van der Waals surface area (Å²) in [5.74, 6) is 2.86. The molecule has 0 radical (unpaired) electrons. The van der Waals surface area contributed by atoms with Crippen LogP contribution in [0.4, 0.5) is 14.6 Å². The first-order valence-electron chi connectivity index (χ1n) is 12.1. The minimum absolute atomic E-state index is 0.0511. The van der Waals surface area contributed by atoms with Crippen molar-refractivity contribution in [1.82, 2.24) is 19.7 Å². The van der Waals surface area contributed by atoms with E-state index in [1.807, 2.05) is 0 Å². The van der Waals surface area contributed by atoms with E-state index in [9.17, 15) is 13.9 Å². The largest absolute Gasteiger partial charge is 0.431 e. The molecule has 4 fully saturated rings. The lowest BCUT2D eigenvalue weighted by Crippen LogP contribution is -2.33. The number of pyridine rings is 1. The molecule has 4 aliphatic rings. The van der Waals surface area contributed by atoms with Crippen LogP contribution in [-0.2, 0) is 6.54 Å². The first kappa shape index (κ1) is 21.3. The van der Waals surface area contributed by atoms with E-state index >= 15 is 0 Å². The molecule has 1 saturated heterocycles. The van der Waals surface area contributed by atoms with Gasteiger partial charge in [-0.3, -0.25) is 9.58 Å². The van der Waals surface area contributed by atoms with Gasteiger partial charge in [0.05, 0.1) is 5.69 Å². The highest BCUT2D eigenvalue weighted by molar-refractivity contribution is 5.64. The van der Waals surface area contributed by atoms with Crippen LogP contribution >= 0.6 is 0 Å². The van der Waals surface area contributed by atoms with Crippen molar-refractivity contribution >= 4 is 5.82 Å².